The quantitative estimate of drug-likeness (QED) is 0.625. The highest BCUT2D eigenvalue weighted by atomic mass is 35.5. The van der Waals surface area contributed by atoms with Gasteiger partial charge in [0.25, 0.3) is 0 Å². The van der Waals surface area contributed by atoms with Crippen molar-refractivity contribution in [2.45, 2.75) is 30.4 Å². The number of rotatable bonds is 6. The van der Waals surface area contributed by atoms with Crippen LogP contribution >= 0.6 is 23.4 Å². The molecule has 2 atom stereocenters. The minimum Gasteiger partial charge on any atom is -0.489 e. The van der Waals surface area contributed by atoms with Gasteiger partial charge in [0.1, 0.15) is 12.4 Å². The van der Waals surface area contributed by atoms with E-state index in [9.17, 15) is 4.79 Å². The highest BCUT2D eigenvalue weighted by molar-refractivity contribution is 7.99. The van der Waals surface area contributed by atoms with E-state index in [1.807, 2.05) is 24.5 Å². The molecule has 2 aliphatic heterocycles. The number of amides is 1. The van der Waals surface area contributed by atoms with Gasteiger partial charge in [-0.05, 0) is 73.2 Å². The standard InChI is InChI=1S/C27H31ClN2O3S/c1-32-26-25(29-24(31)17-34-2)21-5-3-4-6-22(21)27(26)9-11-30(12-10-27)15-18-13-19-14-20(28)7-8-23(19)33-16-18/h3-8,13-14,25-26H,9-12,15-17H2,1-2H3,(H,29,31)/t25-,26+/m0/s1. The van der Waals surface area contributed by atoms with E-state index in [0.29, 0.717) is 12.4 Å². The predicted octanol–water partition coefficient (Wildman–Crippen LogP) is 4.70. The maximum Gasteiger partial charge on any atom is 0.230 e. The van der Waals surface area contributed by atoms with Crippen molar-refractivity contribution in [1.82, 2.24) is 10.2 Å². The number of ether oxygens (including phenoxy) is 2. The first-order valence-electron chi connectivity index (χ1n) is 11.8. The molecule has 34 heavy (non-hydrogen) atoms. The molecule has 2 aromatic carbocycles. The van der Waals surface area contributed by atoms with E-state index in [0.717, 1.165) is 48.8 Å². The molecule has 1 aliphatic carbocycles. The lowest BCUT2D eigenvalue weighted by atomic mass is 9.71. The maximum absolute atomic E-state index is 12.5. The number of piperidine rings is 1. The summed E-state index contributed by atoms with van der Waals surface area (Å²) in [6.45, 7) is 3.44. The Kier molecular flexibility index (Phi) is 6.94. The number of benzene rings is 2. The fraction of sp³-hybridized carbons (Fsp3) is 0.444. The number of methoxy groups -OCH3 is 1. The molecule has 1 saturated heterocycles. The van der Waals surface area contributed by atoms with Gasteiger partial charge in [-0.25, -0.2) is 0 Å². The van der Waals surface area contributed by atoms with Crippen LogP contribution in [0.4, 0.5) is 0 Å². The molecule has 5 rings (SSSR count). The highest BCUT2D eigenvalue weighted by Crippen LogP contribution is 2.52. The second-order valence-corrected chi connectivity index (χ2v) is 10.7. The van der Waals surface area contributed by atoms with Crippen molar-refractivity contribution >= 4 is 35.3 Å². The van der Waals surface area contributed by atoms with Gasteiger partial charge >= 0.3 is 0 Å². The minimum absolute atomic E-state index is 0.0634. The number of hydrogen-bond acceptors (Lipinski definition) is 5. The Morgan fingerprint density at radius 3 is 2.82 bits per heavy atom. The largest absolute Gasteiger partial charge is 0.489 e. The van der Waals surface area contributed by atoms with E-state index in [2.05, 4.69) is 40.6 Å². The Balaban J connectivity index is 1.33. The molecule has 0 saturated carbocycles. The summed E-state index contributed by atoms with van der Waals surface area (Å²) >= 11 is 7.72. The lowest BCUT2D eigenvalue weighted by Gasteiger charge is -2.44. The summed E-state index contributed by atoms with van der Waals surface area (Å²) < 4.78 is 12.1. The van der Waals surface area contributed by atoms with Crippen LogP contribution in [0.15, 0.2) is 48.0 Å². The Bertz CT molecular complexity index is 1100. The Hall–Kier alpha value is -1.99. The van der Waals surface area contributed by atoms with E-state index in [-0.39, 0.29) is 23.5 Å². The first-order chi connectivity index (χ1) is 16.5. The molecule has 7 heteroatoms. The Morgan fingerprint density at radius 2 is 2.06 bits per heavy atom. The number of fused-ring (bicyclic) bond motifs is 3. The van der Waals surface area contributed by atoms with Gasteiger partial charge in [0.2, 0.25) is 5.91 Å². The summed E-state index contributed by atoms with van der Waals surface area (Å²) in [5.41, 5.74) is 4.77. The van der Waals surface area contributed by atoms with Crippen LogP contribution in [0.1, 0.15) is 35.6 Å². The van der Waals surface area contributed by atoms with Crippen molar-refractivity contribution in [3.05, 3.63) is 69.8 Å². The summed E-state index contributed by atoms with van der Waals surface area (Å²) in [5, 5.41) is 3.99. The van der Waals surface area contributed by atoms with E-state index in [4.69, 9.17) is 21.1 Å². The number of thioether (sulfide) groups is 1. The fourth-order valence-electron chi connectivity index (χ4n) is 5.96. The van der Waals surface area contributed by atoms with Gasteiger partial charge in [-0.1, -0.05) is 35.9 Å². The third-order valence-electron chi connectivity index (χ3n) is 7.45. The molecule has 1 spiro atoms. The van der Waals surface area contributed by atoms with Crippen LogP contribution in [0.2, 0.25) is 5.02 Å². The molecule has 3 aliphatic rings. The van der Waals surface area contributed by atoms with Crippen molar-refractivity contribution in [3.63, 3.8) is 0 Å². The molecule has 180 valence electrons. The summed E-state index contributed by atoms with van der Waals surface area (Å²) in [6.07, 6.45) is 6.09. The van der Waals surface area contributed by atoms with Crippen molar-refractivity contribution in [2.75, 3.05) is 45.4 Å². The molecular formula is C27H31ClN2O3S. The summed E-state index contributed by atoms with van der Waals surface area (Å²) in [7, 11) is 1.78. The second-order valence-electron chi connectivity index (χ2n) is 9.43. The smallest absolute Gasteiger partial charge is 0.230 e. The molecule has 2 aromatic rings. The Morgan fingerprint density at radius 1 is 1.26 bits per heavy atom. The van der Waals surface area contributed by atoms with Crippen LogP contribution in [-0.4, -0.2) is 62.3 Å². The molecular weight excluding hydrogens is 468 g/mol. The number of hydrogen-bond donors (Lipinski definition) is 1. The van der Waals surface area contributed by atoms with Gasteiger partial charge in [0.15, 0.2) is 0 Å². The first-order valence-corrected chi connectivity index (χ1v) is 13.6. The second kappa shape index (κ2) is 9.94. The zero-order chi connectivity index (χ0) is 23.7. The van der Waals surface area contributed by atoms with Gasteiger partial charge in [-0.15, -0.1) is 0 Å². The van der Waals surface area contributed by atoms with E-state index < -0.39 is 0 Å². The fourth-order valence-corrected chi connectivity index (χ4v) is 6.48. The summed E-state index contributed by atoms with van der Waals surface area (Å²) in [6, 6.07) is 14.2. The van der Waals surface area contributed by atoms with Crippen LogP contribution in [0.25, 0.3) is 6.08 Å². The average Bonchev–Trinajstić information content (AvgIpc) is 3.09. The van der Waals surface area contributed by atoms with Gasteiger partial charge in [0, 0.05) is 29.7 Å². The van der Waals surface area contributed by atoms with Crippen LogP contribution < -0.4 is 10.1 Å². The first kappa shape index (κ1) is 23.7. The third-order valence-corrected chi connectivity index (χ3v) is 8.23. The molecule has 0 bridgehead atoms. The van der Waals surface area contributed by atoms with Crippen LogP contribution in [0, 0.1) is 0 Å². The summed E-state index contributed by atoms with van der Waals surface area (Å²) in [4.78, 5) is 15.0. The van der Waals surface area contributed by atoms with E-state index in [1.54, 1.807) is 18.9 Å². The molecule has 0 radical (unpaired) electrons. The van der Waals surface area contributed by atoms with Gasteiger partial charge in [-0.2, -0.15) is 11.8 Å². The number of nitrogens with one attached hydrogen (secondary N) is 1. The van der Waals surface area contributed by atoms with Crippen LogP contribution in [-0.2, 0) is 14.9 Å². The van der Waals surface area contributed by atoms with Gasteiger partial charge in [-0.3, -0.25) is 9.69 Å². The number of carbonyl (C=O) groups excluding carboxylic acids is 1. The average molecular weight is 499 g/mol. The molecule has 2 heterocycles. The highest BCUT2D eigenvalue weighted by Gasteiger charge is 2.53. The number of carbonyl (C=O) groups is 1. The van der Waals surface area contributed by atoms with Crippen LogP contribution in [0.3, 0.4) is 0 Å². The van der Waals surface area contributed by atoms with Gasteiger partial charge in [0.05, 0.1) is 17.9 Å². The van der Waals surface area contributed by atoms with Gasteiger partial charge < -0.3 is 14.8 Å². The predicted molar refractivity (Wildman–Crippen MR) is 139 cm³/mol. The molecule has 1 N–H and O–H groups in total. The molecule has 5 nitrogen and oxygen atoms in total. The van der Waals surface area contributed by atoms with Crippen molar-refractivity contribution < 1.29 is 14.3 Å². The zero-order valence-electron chi connectivity index (χ0n) is 19.7. The Labute approximate surface area is 210 Å². The van der Waals surface area contributed by atoms with E-state index >= 15 is 0 Å². The van der Waals surface area contributed by atoms with E-state index in [1.165, 1.54) is 16.7 Å². The lowest BCUT2D eigenvalue weighted by molar-refractivity contribution is -0.120. The SMILES string of the molecule is CO[C@@H]1[C@@H](NC(=O)CSC)c2ccccc2C12CCN(CC1=Cc3cc(Cl)ccc3OC1)CC2. The monoisotopic (exact) mass is 498 g/mol. The topological polar surface area (TPSA) is 50.8 Å². The zero-order valence-corrected chi connectivity index (χ0v) is 21.3. The van der Waals surface area contributed by atoms with Crippen molar-refractivity contribution in [2.24, 2.45) is 0 Å². The van der Waals surface area contributed by atoms with Crippen molar-refractivity contribution in [3.8, 4) is 5.75 Å². The minimum atomic E-state index is -0.108. The molecule has 1 fully saturated rings. The number of nitrogens with zero attached hydrogens (tertiary/aromatic N) is 1. The molecule has 0 unspecified atom stereocenters. The third kappa shape index (κ3) is 4.37. The lowest BCUT2D eigenvalue weighted by Crippen LogP contribution is -2.51. The maximum atomic E-state index is 12.5. The van der Waals surface area contributed by atoms with Crippen molar-refractivity contribution in [1.29, 1.82) is 0 Å². The number of halogens is 1. The normalized spacial score (nSPS) is 23.1. The molecule has 1 amide bonds. The number of likely N-dealkylation sites (tertiary alicyclic amines) is 1. The molecule has 0 aromatic heterocycles. The summed E-state index contributed by atoms with van der Waals surface area (Å²) in [5.74, 6) is 1.42. The van der Waals surface area contributed by atoms with Crippen LogP contribution in [0.5, 0.6) is 5.75 Å².